The summed E-state index contributed by atoms with van der Waals surface area (Å²) in [5.74, 6) is -0.856. The van der Waals surface area contributed by atoms with E-state index in [9.17, 15) is 4.79 Å². The molecule has 0 bridgehead atoms. The van der Waals surface area contributed by atoms with Crippen molar-refractivity contribution >= 4 is 28.4 Å². The smallest absolute Gasteiger partial charge is 0.312 e. The SMILES string of the molecule is Nc1cc2nc(CC(=O)O)oc2cc1N. The molecule has 0 saturated heterocycles. The summed E-state index contributed by atoms with van der Waals surface area (Å²) in [6, 6.07) is 3.09. The van der Waals surface area contributed by atoms with Crippen molar-refractivity contribution in [1.29, 1.82) is 0 Å². The lowest BCUT2D eigenvalue weighted by atomic mass is 10.2. The zero-order chi connectivity index (χ0) is 11.0. The van der Waals surface area contributed by atoms with Crippen LogP contribution in [0.3, 0.4) is 0 Å². The fraction of sp³-hybridized carbons (Fsp3) is 0.111. The zero-order valence-electron chi connectivity index (χ0n) is 7.73. The standard InChI is InChI=1S/C9H9N3O3/c10-4-1-6-7(2-5(4)11)15-8(12-6)3-9(13)14/h1-2H,3,10-11H2,(H,13,14). The molecule has 0 atom stereocenters. The van der Waals surface area contributed by atoms with Crippen LogP contribution < -0.4 is 11.5 Å². The second kappa shape index (κ2) is 3.16. The van der Waals surface area contributed by atoms with Crippen LogP contribution >= 0.6 is 0 Å². The molecule has 0 aliphatic rings. The summed E-state index contributed by atoms with van der Waals surface area (Å²) in [4.78, 5) is 14.4. The molecule has 1 aromatic heterocycles. The van der Waals surface area contributed by atoms with E-state index in [-0.39, 0.29) is 12.3 Å². The molecule has 0 aliphatic heterocycles. The first kappa shape index (κ1) is 9.32. The first-order valence-corrected chi connectivity index (χ1v) is 4.22. The maximum atomic E-state index is 10.4. The molecule has 6 nitrogen and oxygen atoms in total. The van der Waals surface area contributed by atoms with Gasteiger partial charge in [-0.05, 0) is 6.07 Å². The van der Waals surface area contributed by atoms with E-state index in [1.807, 2.05) is 0 Å². The van der Waals surface area contributed by atoms with E-state index in [4.69, 9.17) is 21.0 Å². The van der Waals surface area contributed by atoms with Crippen LogP contribution in [0.5, 0.6) is 0 Å². The molecule has 1 aromatic carbocycles. The van der Waals surface area contributed by atoms with Crippen LogP contribution in [0.2, 0.25) is 0 Å². The van der Waals surface area contributed by atoms with E-state index >= 15 is 0 Å². The molecule has 1 heterocycles. The number of hydrogen-bond acceptors (Lipinski definition) is 5. The molecule has 0 fully saturated rings. The van der Waals surface area contributed by atoms with Gasteiger partial charge in [0.15, 0.2) is 5.58 Å². The van der Waals surface area contributed by atoms with E-state index in [2.05, 4.69) is 4.98 Å². The van der Waals surface area contributed by atoms with Gasteiger partial charge in [-0.1, -0.05) is 0 Å². The van der Waals surface area contributed by atoms with Crippen molar-refractivity contribution in [3.8, 4) is 0 Å². The molecule has 0 radical (unpaired) electrons. The van der Waals surface area contributed by atoms with Gasteiger partial charge in [0, 0.05) is 6.07 Å². The van der Waals surface area contributed by atoms with Crippen molar-refractivity contribution < 1.29 is 14.3 Å². The Hall–Kier alpha value is -2.24. The molecule has 78 valence electrons. The van der Waals surface area contributed by atoms with Gasteiger partial charge in [0.25, 0.3) is 0 Å². The number of aliphatic carboxylic acids is 1. The second-order valence-electron chi connectivity index (χ2n) is 3.13. The third kappa shape index (κ3) is 1.69. The Morgan fingerprint density at radius 3 is 2.73 bits per heavy atom. The highest BCUT2D eigenvalue weighted by molar-refractivity contribution is 5.84. The van der Waals surface area contributed by atoms with Crippen molar-refractivity contribution in [3.05, 3.63) is 18.0 Å². The van der Waals surface area contributed by atoms with Crippen LogP contribution in [0.15, 0.2) is 16.5 Å². The minimum Gasteiger partial charge on any atom is -0.481 e. The largest absolute Gasteiger partial charge is 0.481 e. The van der Waals surface area contributed by atoms with E-state index in [1.165, 1.54) is 6.07 Å². The molecule has 5 N–H and O–H groups in total. The minimum absolute atomic E-state index is 0.141. The molecule has 15 heavy (non-hydrogen) atoms. The van der Waals surface area contributed by atoms with E-state index in [0.29, 0.717) is 22.5 Å². The number of oxazole rings is 1. The predicted octanol–water partition coefficient (Wildman–Crippen LogP) is 0.619. The average Bonchev–Trinajstić information content (AvgIpc) is 2.46. The number of aromatic nitrogens is 1. The van der Waals surface area contributed by atoms with Crippen LogP contribution in [0.1, 0.15) is 5.89 Å². The van der Waals surface area contributed by atoms with Gasteiger partial charge in [-0.25, -0.2) is 4.98 Å². The van der Waals surface area contributed by atoms with Gasteiger partial charge in [0.1, 0.15) is 11.9 Å². The summed E-state index contributed by atoms with van der Waals surface area (Å²) in [5, 5.41) is 8.55. The summed E-state index contributed by atoms with van der Waals surface area (Å²) in [5.41, 5.74) is 12.9. The van der Waals surface area contributed by atoms with Crippen molar-refractivity contribution in [2.24, 2.45) is 0 Å². The normalized spacial score (nSPS) is 10.7. The van der Waals surface area contributed by atoms with Crippen LogP contribution in [-0.2, 0) is 11.2 Å². The third-order valence-corrected chi connectivity index (χ3v) is 1.94. The van der Waals surface area contributed by atoms with Crippen molar-refractivity contribution in [2.45, 2.75) is 6.42 Å². The number of anilines is 2. The Kier molecular flexibility index (Phi) is 1.96. The Morgan fingerprint density at radius 2 is 2.07 bits per heavy atom. The number of carboxylic acids is 1. The number of nitrogens with zero attached hydrogens (tertiary/aromatic N) is 1. The molecular weight excluding hydrogens is 198 g/mol. The molecule has 0 saturated carbocycles. The summed E-state index contributed by atoms with van der Waals surface area (Å²) in [7, 11) is 0. The van der Waals surface area contributed by atoms with Gasteiger partial charge >= 0.3 is 5.97 Å². The highest BCUT2D eigenvalue weighted by Crippen LogP contribution is 2.24. The van der Waals surface area contributed by atoms with E-state index in [0.717, 1.165) is 0 Å². The van der Waals surface area contributed by atoms with Gasteiger partial charge in [0.2, 0.25) is 5.89 Å². The third-order valence-electron chi connectivity index (χ3n) is 1.94. The fourth-order valence-corrected chi connectivity index (χ4v) is 1.26. The zero-order valence-corrected chi connectivity index (χ0v) is 7.73. The van der Waals surface area contributed by atoms with Crippen molar-refractivity contribution in [2.75, 3.05) is 11.5 Å². The number of hydrogen-bond donors (Lipinski definition) is 3. The maximum absolute atomic E-state index is 10.4. The Bertz CT molecular complexity index is 494. The van der Waals surface area contributed by atoms with Crippen LogP contribution in [0, 0.1) is 0 Å². The highest BCUT2D eigenvalue weighted by Gasteiger charge is 2.10. The topological polar surface area (TPSA) is 115 Å². The predicted molar refractivity (Wildman–Crippen MR) is 54.2 cm³/mol. The second-order valence-corrected chi connectivity index (χ2v) is 3.13. The molecule has 2 aromatic rings. The lowest BCUT2D eigenvalue weighted by Crippen LogP contribution is -1.99. The molecule has 6 heteroatoms. The quantitative estimate of drug-likeness (QED) is 0.621. The molecule has 0 spiro atoms. The average molecular weight is 207 g/mol. The molecular formula is C9H9N3O3. The summed E-state index contributed by atoms with van der Waals surface area (Å²) in [6.07, 6.45) is -0.255. The summed E-state index contributed by atoms with van der Waals surface area (Å²) < 4.78 is 5.19. The van der Waals surface area contributed by atoms with Crippen molar-refractivity contribution in [3.63, 3.8) is 0 Å². The molecule has 2 rings (SSSR count). The first-order chi connectivity index (χ1) is 7.06. The van der Waals surface area contributed by atoms with Crippen LogP contribution in [-0.4, -0.2) is 16.1 Å². The van der Waals surface area contributed by atoms with Gasteiger partial charge in [-0.3, -0.25) is 4.79 Å². The maximum Gasteiger partial charge on any atom is 0.312 e. The summed E-state index contributed by atoms with van der Waals surface area (Å²) >= 11 is 0. The number of nitrogen functional groups attached to an aromatic ring is 2. The number of carboxylic acid groups (broad SMARTS) is 1. The molecule has 0 amide bonds. The van der Waals surface area contributed by atoms with Gasteiger partial charge < -0.3 is 21.0 Å². The number of fused-ring (bicyclic) bond motifs is 1. The van der Waals surface area contributed by atoms with Crippen LogP contribution in [0.25, 0.3) is 11.1 Å². The number of nitrogens with two attached hydrogens (primary N) is 2. The van der Waals surface area contributed by atoms with Gasteiger partial charge in [-0.15, -0.1) is 0 Å². The lowest BCUT2D eigenvalue weighted by Gasteiger charge is -1.96. The van der Waals surface area contributed by atoms with Crippen molar-refractivity contribution in [1.82, 2.24) is 4.98 Å². The fourth-order valence-electron chi connectivity index (χ4n) is 1.26. The van der Waals surface area contributed by atoms with Gasteiger partial charge in [-0.2, -0.15) is 0 Å². The van der Waals surface area contributed by atoms with Crippen LogP contribution in [0.4, 0.5) is 11.4 Å². The van der Waals surface area contributed by atoms with E-state index < -0.39 is 5.97 Å². The lowest BCUT2D eigenvalue weighted by molar-refractivity contribution is -0.136. The Morgan fingerprint density at radius 1 is 1.40 bits per heavy atom. The Labute approximate surface area is 84.5 Å². The first-order valence-electron chi connectivity index (χ1n) is 4.22. The Balaban J connectivity index is 2.51. The monoisotopic (exact) mass is 207 g/mol. The minimum atomic E-state index is -0.998. The molecule has 0 aliphatic carbocycles. The number of benzene rings is 1. The number of carbonyl (C=O) groups is 1. The van der Waals surface area contributed by atoms with Gasteiger partial charge in [0.05, 0.1) is 11.4 Å². The number of rotatable bonds is 2. The van der Waals surface area contributed by atoms with E-state index in [1.54, 1.807) is 6.07 Å². The molecule has 0 unspecified atom stereocenters. The summed E-state index contributed by atoms with van der Waals surface area (Å²) in [6.45, 7) is 0. The highest BCUT2D eigenvalue weighted by atomic mass is 16.4.